The first-order chi connectivity index (χ1) is 16.3. The Hall–Kier alpha value is -3.70. The molecule has 0 heterocycles. The van der Waals surface area contributed by atoms with Crippen LogP contribution >= 0.6 is 0 Å². The number of phenolic OH excluding ortho intramolecular Hbond substituents is 1. The highest BCUT2D eigenvalue weighted by Crippen LogP contribution is 2.53. The van der Waals surface area contributed by atoms with E-state index in [4.69, 9.17) is 5.73 Å². The third kappa shape index (κ3) is 3.41. The Kier molecular flexibility index (Phi) is 5.73. The molecule has 0 saturated heterocycles. The van der Waals surface area contributed by atoms with Crippen molar-refractivity contribution in [2.45, 2.75) is 24.5 Å². The lowest BCUT2D eigenvalue weighted by Gasteiger charge is -2.50. The summed E-state index contributed by atoms with van der Waals surface area (Å²) in [6.45, 7) is 0. The van der Waals surface area contributed by atoms with E-state index in [2.05, 4.69) is 4.99 Å². The molecule has 0 aromatic heterocycles. The molecule has 1 amide bonds. The largest absolute Gasteiger partial charge is 0.508 e. The minimum atomic E-state index is -2.65. The van der Waals surface area contributed by atoms with Gasteiger partial charge in [-0.2, -0.15) is 0 Å². The number of benzene rings is 1. The van der Waals surface area contributed by atoms with Crippen molar-refractivity contribution in [3.63, 3.8) is 0 Å². The monoisotopic (exact) mass is 484 g/mol. The maximum absolute atomic E-state index is 13.7. The number of likely N-dealkylation sites (N-methyl/N-ethyl adjacent to an activating group) is 1. The second-order valence-electron chi connectivity index (χ2n) is 9.63. The number of carbonyl (C=O) groups is 3. The van der Waals surface area contributed by atoms with E-state index in [-0.39, 0.29) is 29.7 Å². The van der Waals surface area contributed by atoms with E-state index in [9.17, 15) is 34.8 Å². The first-order valence-electron chi connectivity index (χ1n) is 11.0. The van der Waals surface area contributed by atoms with E-state index in [0.29, 0.717) is 11.3 Å². The van der Waals surface area contributed by atoms with Crippen molar-refractivity contribution >= 4 is 35.3 Å². The number of Topliss-reactive ketones (excluding diaryl/α,β-unsaturated/α-hetero) is 2. The molecule has 11 heteroatoms. The van der Waals surface area contributed by atoms with Gasteiger partial charge in [0.2, 0.25) is 5.78 Å². The van der Waals surface area contributed by atoms with Gasteiger partial charge in [0, 0.05) is 25.6 Å². The molecule has 35 heavy (non-hydrogen) atoms. The number of ketones is 2. The molecule has 4 atom stereocenters. The van der Waals surface area contributed by atoms with Crippen molar-refractivity contribution in [1.82, 2.24) is 9.80 Å². The van der Waals surface area contributed by atoms with Crippen molar-refractivity contribution in [1.29, 1.82) is 0 Å². The Balaban J connectivity index is 1.96. The molecule has 1 aromatic rings. The van der Waals surface area contributed by atoms with E-state index in [1.165, 1.54) is 11.0 Å². The summed E-state index contributed by atoms with van der Waals surface area (Å²) in [5.74, 6) is -6.79. The number of nitrogens with two attached hydrogens (primary N) is 1. The van der Waals surface area contributed by atoms with Crippen molar-refractivity contribution in [2.75, 3.05) is 28.2 Å². The minimum Gasteiger partial charge on any atom is -0.508 e. The summed E-state index contributed by atoms with van der Waals surface area (Å²) in [7, 11) is 6.68. The van der Waals surface area contributed by atoms with Crippen LogP contribution in [0.5, 0.6) is 5.75 Å². The normalized spacial score (nSPS) is 28.3. The van der Waals surface area contributed by atoms with Gasteiger partial charge < -0.3 is 31.1 Å². The smallest absolute Gasteiger partial charge is 0.255 e. The standard InChI is InChI=1S/C24H28N4O7/c1-27(2)9-26-13-5-6-14(29)16-11(13)7-10-8-12-18(28(3)4)20(31)17(23(25)34)22(33)24(12,35)21(32)15(10)19(16)30/h5-6,9-10,12,18,29-30,33,35H,7-8H2,1-4H3,(H2,25,34). The lowest BCUT2D eigenvalue weighted by Crippen LogP contribution is -2.65. The first-order valence-corrected chi connectivity index (χ1v) is 11.0. The summed E-state index contributed by atoms with van der Waals surface area (Å²) in [6, 6.07) is 1.81. The van der Waals surface area contributed by atoms with Crippen molar-refractivity contribution in [2.24, 2.45) is 22.6 Å². The summed E-state index contributed by atoms with van der Waals surface area (Å²) >= 11 is 0. The molecule has 0 aliphatic heterocycles. The molecule has 0 bridgehead atoms. The Morgan fingerprint density at radius 2 is 1.83 bits per heavy atom. The molecule has 4 unspecified atom stereocenters. The Morgan fingerprint density at radius 1 is 1.17 bits per heavy atom. The van der Waals surface area contributed by atoms with E-state index in [1.807, 2.05) is 0 Å². The van der Waals surface area contributed by atoms with Crippen LogP contribution in [0.3, 0.4) is 0 Å². The number of aliphatic hydroxyl groups is 3. The second kappa shape index (κ2) is 8.21. The number of hydrogen-bond acceptors (Lipinski definition) is 9. The van der Waals surface area contributed by atoms with Crippen LogP contribution in [0.1, 0.15) is 17.5 Å². The number of rotatable bonds is 4. The molecule has 3 aliphatic carbocycles. The fourth-order valence-corrected chi connectivity index (χ4v) is 5.53. The summed E-state index contributed by atoms with van der Waals surface area (Å²) in [5, 5.41) is 44.1. The van der Waals surface area contributed by atoms with Crippen LogP contribution in [-0.2, 0) is 20.8 Å². The molecule has 0 spiro atoms. The number of carbonyl (C=O) groups excluding carboxylic acids is 3. The van der Waals surface area contributed by atoms with Crippen molar-refractivity contribution in [3.05, 3.63) is 40.2 Å². The van der Waals surface area contributed by atoms with Crippen LogP contribution in [0, 0.1) is 11.8 Å². The van der Waals surface area contributed by atoms with E-state index < -0.39 is 58.0 Å². The van der Waals surface area contributed by atoms with Crippen molar-refractivity contribution < 1.29 is 34.8 Å². The number of aliphatic imine (C=N–C) groups is 1. The number of aromatic hydroxyl groups is 1. The zero-order valence-electron chi connectivity index (χ0n) is 19.8. The molecule has 186 valence electrons. The molecule has 1 aromatic carbocycles. The molecule has 4 rings (SSSR count). The number of fused-ring (bicyclic) bond motifs is 3. The predicted molar refractivity (Wildman–Crippen MR) is 126 cm³/mol. The first kappa shape index (κ1) is 24.4. The fourth-order valence-electron chi connectivity index (χ4n) is 5.53. The van der Waals surface area contributed by atoms with E-state index in [1.54, 1.807) is 45.5 Å². The summed E-state index contributed by atoms with van der Waals surface area (Å²) in [5.41, 5.74) is 2.63. The zero-order valence-corrected chi connectivity index (χ0v) is 19.8. The van der Waals surface area contributed by atoms with Gasteiger partial charge in [-0.1, -0.05) is 0 Å². The van der Waals surface area contributed by atoms with Gasteiger partial charge in [0.05, 0.1) is 23.6 Å². The highest BCUT2D eigenvalue weighted by Gasteiger charge is 2.64. The van der Waals surface area contributed by atoms with Gasteiger partial charge in [0.1, 0.15) is 22.8 Å². The lowest BCUT2D eigenvalue weighted by atomic mass is 9.57. The van der Waals surface area contributed by atoms with Gasteiger partial charge in [0.25, 0.3) is 5.91 Å². The Labute approximate surface area is 201 Å². The highest BCUT2D eigenvalue weighted by molar-refractivity contribution is 6.24. The lowest BCUT2D eigenvalue weighted by molar-refractivity contribution is -0.153. The van der Waals surface area contributed by atoms with Gasteiger partial charge in [-0.15, -0.1) is 0 Å². The minimum absolute atomic E-state index is 0.00898. The van der Waals surface area contributed by atoms with E-state index >= 15 is 0 Å². The van der Waals surface area contributed by atoms with Crippen LogP contribution < -0.4 is 5.73 Å². The average Bonchev–Trinajstić information content (AvgIpc) is 2.75. The topological polar surface area (TPSA) is 177 Å². The molecular formula is C24H28N4O7. The predicted octanol–water partition coefficient (Wildman–Crippen LogP) is 0.185. The molecule has 1 fully saturated rings. The number of amides is 1. The summed E-state index contributed by atoms with van der Waals surface area (Å²) < 4.78 is 0. The molecule has 3 aliphatic rings. The van der Waals surface area contributed by atoms with Crippen LogP contribution in [0.4, 0.5) is 5.69 Å². The molecule has 0 radical (unpaired) electrons. The van der Waals surface area contributed by atoms with Gasteiger partial charge >= 0.3 is 0 Å². The average molecular weight is 485 g/mol. The van der Waals surface area contributed by atoms with Crippen LogP contribution in [-0.4, -0.2) is 93.9 Å². The molecule has 11 nitrogen and oxygen atoms in total. The number of nitrogens with zero attached hydrogens (tertiary/aromatic N) is 3. The third-order valence-electron chi connectivity index (χ3n) is 7.01. The summed E-state index contributed by atoms with van der Waals surface area (Å²) in [4.78, 5) is 46.4. The maximum Gasteiger partial charge on any atom is 0.255 e. The second-order valence-corrected chi connectivity index (χ2v) is 9.63. The Morgan fingerprint density at radius 3 is 2.40 bits per heavy atom. The number of phenols is 1. The number of hydrogen-bond donors (Lipinski definition) is 5. The van der Waals surface area contributed by atoms with Crippen LogP contribution in [0.25, 0.3) is 5.76 Å². The van der Waals surface area contributed by atoms with Crippen molar-refractivity contribution in [3.8, 4) is 5.75 Å². The highest BCUT2D eigenvalue weighted by atomic mass is 16.3. The van der Waals surface area contributed by atoms with Gasteiger partial charge in [0.15, 0.2) is 11.4 Å². The number of primary amides is 1. The van der Waals surface area contributed by atoms with Gasteiger partial charge in [-0.3, -0.25) is 19.3 Å². The molecular weight excluding hydrogens is 456 g/mol. The van der Waals surface area contributed by atoms with Crippen LogP contribution in [0.2, 0.25) is 0 Å². The third-order valence-corrected chi connectivity index (χ3v) is 7.01. The maximum atomic E-state index is 13.7. The van der Waals surface area contributed by atoms with Gasteiger partial charge in [-0.05, 0) is 50.6 Å². The fraction of sp³-hybridized carbons (Fsp3) is 0.417. The zero-order chi connectivity index (χ0) is 26.0. The molecule has 1 saturated carbocycles. The van der Waals surface area contributed by atoms with Gasteiger partial charge in [-0.25, -0.2) is 4.99 Å². The quantitative estimate of drug-likeness (QED) is 0.227. The van der Waals surface area contributed by atoms with E-state index in [0.717, 1.165) is 0 Å². The van der Waals surface area contributed by atoms with Crippen LogP contribution in [0.15, 0.2) is 34.0 Å². The molecule has 6 N–H and O–H groups in total. The summed E-state index contributed by atoms with van der Waals surface area (Å²) in [6.07, 6.45) is 1.77. The number of aliphatic hydroxyl groups excluding tert-OH is 2. The Bertz CT molecular complexity index is 1250. The SMILES string of the molecule is CN(C)C=Nc1ccc(O)c2c1CC1CC3C(N(C)C)C(=O)C(C(N)=O)=C(O)C3(O)C(=O)C1=C2O.